The van der Waals surface area contributed by atoms with E-state index in [1.54, 1.807) is 13.2 Å². The molecule has 1 fully saturated rings. The molecule has 0 bridgehead atoms. The minimum absolute atomic E-state index is 0.00872. The minimum Gasteiger partial charge on any atom is -0.496 e. The van der Waals surface area contributed by atoms with Crippen LogP contribution in [0.1, 0.15) is 28.0 Å². The van der Waals surface area contributed by atoms with Crippen molar-refractivity contribution in [2.75, 3.05) is 33.3 Å². The van der Waals surface area contributed by atoms with Gasteiger partial charge in [0.1, 0.15) is 5.75 Å². The Balaban J connectivity index is 1.61. The number of carbonyl (C=O) groups excluding carboxylic acids is 2. The number of nitrogens with zero attached hydrogens (tertiary/aromatic N) is 2. The molecule has 0 aliphatic carbocycles. The molecule has 2 heterocycles. The maximum Gasteiger partial charge on any atom is 0.253 e. The lowest BCUT2D eigenvalue weighted by atomic mass is 10.1. The fourth-order valence-electron chi connectivity index (χ4n) is 3.32. The molecule has 0 saturated carbocycles. The van der Waals surface area contributed by atoms with E-state index in [-0.39, 0.29) is 11.8 Å². The predicted octanol–water partition coefficient (Wildman–Crippen LogP) is 2.25. The molecular weight excluding hydrogens is 330 g/mol. The fourth-order valence-corrected chi connectivity index (χ4v) is 3.32. The average Bonchev–Trinajstić information content (AvgIpc) is 3.02. The van der Waals surface area contributed by atoms with Gasteiger partial charge in [0.15, 0.2) is 0 Å². The highest BCUT2D eigenvalue weighted by Crippen LogP contribution is 2.20. The first-order valence-electron chi connectivity index (χ1n) is 8.92. The smallest absolute Gasteiger partial charge is 0.253 e. The molecule has 1 aliphatic rings. The molecule has 26 heavy (non-hydrogen) atoms. The monoisotopic (exact) mass is 355 g/mol. The lowest BCUT2D eigenvalue weighted by Crippen LogP contribution is -2.38. The van der Waals surface area contributed by atoms with Crippen LogP contribution in [0.15, 0.2) is 36.5 Å². The molecule has 6 heteroatoms. The van der Waals surface area contributed by atoms with Crippen LogP contribution in [0, 0.1) is 6.92 Å². The van der Waals surface area contributed by atoms with E-state index in [1.165, 1.54) is 0 Å². The van der Waals surface area contributed by atoms with Gasteiger partial charge in [0.2, 0.25) is 5.91 Å². The van der Waals surface area contributed by atoms with Crippen molar-refractivity contribution in [3.8, 4) is 5.75 Å². The summed E-state index contributed by atoms with van der Waals surface area (Å²) in [5.74, 6) is 0.884. The second-order valence-corrected chi connectivity index (χ2v) is 6.58. The Bertz CT molecular complexity index is 771. The number of aryl methyl sites for hydroxylation is 1. The zero-order valence-corrected chi connectivity index (χ0v) is 15.3. The summed E-state index contributed by atoms with van der Waals surface area (Å²) in [6, 6.07) is 9.29. The summed E-state index contributed by atoms with van der Waals surface area (Å²) in [7, 11) is 1.62. The van der Waals surface area contributed by atoms with Gasteiger partial charge in [0.05, 0.1) is 13.5 Å². The second-order valence-electron chi connectivity index (χ2n) is 6.58. The molecule has 1 aromatic heterocycles. The zero-order chi connectivity index (χ0) is 18.5. The van der Waals surface area contributed by atoms with E-state index in [0.717, 1.165) is 23.4 Å². The molecule has 1 saturated heterocycles. The van der Waals surface area contributed by atoms with E-state index in [4.69, 9.17) is 4.74 Å². The summed E-state index contributed by atoms with van der Waals surface area (Å²) in [5, 5.41) is 0. The Morgan fingerprint density at radius 3 is 2.58 bits per heavy atom. The van der Waals surface area contributed by atoms with Crippen molar-refractivity contribution in [3.63, 3.8) is 0 Å². The first-order valence-corrected chi connectivity index (χ1v) is 8.92. The molecule has 1 aliphatic heterocycles. The Hall–Kier alpha value is -2.76. The average molecular weight is 355 g/mol. The van der Waals surface area contributed by atoms with Crippen LogP contribution >= 0.6 is 0 Å². The molecule has 0 radical (unpaired) electrons. The number of H-pyrrole nitrogens is 1. The van der Waals surface area contributed by atoms with Crippen molar-refractivity contribution in [1.82, 2.24) is 14.8 Å². The summed E-state index contributed by atoms with van der Waals surface area (Å²) >= 11 is 0. The summed E-state index contributed by atoms with van der Waals surface area (Å²) < 4.78 is 5.26. The lowest BCUT2D eigenvalue weighted by Gasteiger charge is -2.22. The predicted molar refractivity (Wildman–Crippen MR) is 99.3 cm³/mol. The number of hydrogen-bond donors (Lipinski definition) is 1. The SMILES string of the molecule is COc1ccc(C(=O)N2CCCN(C(=O)Cc3ccc[nH]3)CC2)cc1C. The number of ether oxygens (including phenoxy) is 1. The molecule has 0 spiro atoms. The third kappa shape index (κ3) is 4.07. The van der Waals surface area contributed by atoms with Crippen molar-refractivity contribution in [2.45, 2.75) is 19.8 Å². The largest absolute Gasteiger partial charge is 0.496 e. The fraction of sp³-hybridized carbons (Fsp3) is 0.400. The highest BCUT2D eigenvalue weighted by molar-refractivity contribution is 5.94. The quantitative estimate of drug-likeness (QED) is 0.915. The van der Waals surface area contributed by atoms with Gasteiger partial charge in [-0.25, -0.2) is 0 Å². The van der Waals surface area contributed by atoms with Gasteiger partial charge in [-0.15, -0.1) is 0 Å². The number of aromatic amines is 1. The van der Waals surface area contributed by atoms with Gasteiger partial charge in [-0.05, 0) is 49.2 Å². The summed E-state index contributed by atoms with van der Waals surface area (Å²) in [6.07, 6.45) is 2.98. The molecule has 3 rings (SSSR count). The van der Waals surface area contributed by atoms with Gasteiger partial charge < -0.3 is 19.5 Å². The Morgan fingerprint density at radius 2 is 1.88 bits per heavy atom. The van der Waals surface area contributed by atoms with Crippen LogP contribution < -0.4 is 4.74 Å². The third-order valence-electron chi connectivity index (χ3n) is 4.78. The van der Waals surface area contributed by atoms with Crippen molar-refractivity contribution < 1.29 is 14.3 Å². The molecule has 6 nitrogen and oxygen atoms in total. The van der Waals surface area contributed by atoms with Crippen molar-refractivity contribution in [1.29, 1.82) is 0 Å². The summed E-state index contributed by atoms with van der Waals surface area (Å²) in [6.45, 7) is 4.40. The Morgan fingerprint density at radius 1 is 1.12 bits per heavy atom. The standard InChI is InChI=1S/C20H25N3O3/c1-15-13-16(6-7-18(15)26-2)20(25)23-10-4-9-22(11-12-23)19(24)14-17-5-3-8-21-17/h3,5-8,13,21H,4,9-12,14H2,1-2H3. The highest BCUT2D eigenvalue weighted by Gasteiger charge is 2.23. The van der Waals surface area contributed by atoms with Crippen molar-refractivity contribution >= 4 is 11.8 Å². The third-order valence-corrected chi connectivity index (χ3v) is 4.78. The molecular formula is C20H25N3O3. The van der Waals surface area contributed by atoms with Crippen LogP contribution in [0.2, 0.25) is 0 Å². The van der Waals surface area contributed by atoms with E-state index in [2.05, 4.69) is 4.98 Å². The number of hydrogen-bond acceptors (Lipinski definition) is 3. The number of aromatic nitrogens is 1. The van der Waals surface area contributed by atoms with Crippen LogP contribution in [0.4, 0.5) is 0 Å². The minimum atomic E-state index is 0.00872. The zero-order valence-electron chi connectivity index (χ0n) is 15.3. The van der Waals surface area contributed by atoms with Crippen molar-refractivity contribution in [2.24, 2.45) is 0 Å². The van der Waals surface area contributed by atoms with Gasteiger partial charge in [-0.3, -0.25) is 9.59 Å². The molecule has 0 atom stereocenters. The van der Waals surface area contributed by atoms with E-state index in [9.17, 15) is 9.59 Å². The second kappa shape index (κ2) is 8.08. The van der Waals surface area contributed by atoms with Crippen LogP contribution in [0.5, 0.6) is 5.75 Å². The Labute approximate surface area is 153 Å². The van der Waals surface area contributed by atoms with Gasteiger partial charge in [0, 0.05) is 43.6 Å². The van der Waals surface area contributed by atoms with Gasteiger partial charge >= 0.3 is 0 Å². The molecule has 2 amide bonds. The van der Waals surface area contributed by atoms with Crippen LogP contribution in [-0.4, -0.2) is 59.9 Å². The number of benzene rings is 1. The van der Waals surface area contributed by atoms with E-state index < -0.39 is 0 Å². The van der Waals surface area contributed by atoms with Gasteiger partial charge in [-0.1, -0.05) is 0 Å². The maximum absolute atomic E-state index is 12.8. The van der Waals surface area contributed by atoms with Gasteiger partial charge in [0.25, 0.3) is 5.91 Å². The summed E-state index contributed by atoms with van der Waals surface area (Å²) in [5.41, 5.74) is 2.52. The number of methoxy groups -OCH3 is 1. The topological polar surface area (TPSA) is 65.6 Å². The van der Waals surface area contributed by atoms with E-state index in [1.807, 2.05) is 47.2 Å². The molecule has 0 unspecified atom stereocenters. The van der Waals surface area contributed by atoms with E-state index in [0.29, 0.717) is 38.2 Å². The van der Waals surface area contributed by atoms with Crippen LogP contribution in [0.25, 0.3) is 0 Å². The first-order chi connectivity index (χ1) is 12.6. The maximum atomic E-state index is 12.8. The molecule has 2 aromatic rings. The number of rotatable bonds is 4. The summed E-state index contributed by atoms with van der Waals surface area (Å²) in [4.78, 5) is 32.0. The Kier molecular flexibility index (Phi) is 5.61. The molecule has 1 N–H and O–H groups in total. The number of amides is 2. The van der Waals surface area contributed by atoms with E-state index >= 15 is 0 Å². The normalized spacial score (nSPS) is 14.8. The lowest BCUT2D eigenvalue weighted by molar-refractivity contribution is -0.130. The van der Waals surface area contributed by atoms with Crippen LogP contribution in [-0.2, 0) is 11.2 Å². The van der Waals surface area contributed by atoms with Gasteiger partial charge in [-0.2, -0.15) is 0 Å². The number of carbonyl (C=O) groups is 2. The van der Waals surface area contributed by atoms with Crippen molar-refractivity contribution in [3.05, 3.63) is 53.3 Å². The van der Waals surface area contributed by atoms with Crippen LogP contribution in [0.3, 0.4) is 0 Å². The molecule has 1 aromatic carbocycles. The number of nitrogens with one attached hydrogen (secondary N) is 1. The first kappa shape index (κ1) is 18.0. The highest BCUT2D eigenvalue weighted by atomic mass is 16.5. The molecule has 138 valence electrons.